The Kier molecular flexibility index (Phi) is 5.06. The van der Waals surface area contributed by atoms with Crippen LogP contribution in [-0.2, 0) is 0 Å². The Labute approximate surface area is 168 Å². The molecular formula is C22H18Cl2N2O. The van der Waals surface area contributed by atoms with Crippen molar-refractivity contribution in [3.8, 4) is 5.75 Å². The fourth-order valence-electron chi connectivity index (χ4n) is 3.37. The van der Waals surface area contributed by atoms with Gasteiger partial charge in [-0.15, -0.1) is 0 Å². The zero-order chi connectivity index (χ0) is 18.8. The molecule has 0 radical (unpaired) electrons. The number of benzene rings is 3. The normalized spacial score (nSPS) is 16.3. The second kappa shape index (κ2) is 7.63. The van der Waals surface area contributed by atoms with E-state index in [0.717, 1.165) is 34.7 Å². The first-order valence-corrected chi connectivity index (χ1v) is 9.43. The van der Waals surface area contributed by atoms with Crippen molar-refractivity contribution in [2.75, 3.05) is 12.1 Å². The van der Waals surface area contributed by atoms with Crippen LogP contribution in [0.3, 0.4) is 0 Å². The fraction of sp³-hybridized carbons (Fsp3) is 0.136. The SMILES string of the molecule is COc1ccccc1[C@@H]1CC(c2ccc(Cl)cc2)=NN1c1ccccc1Cl. The van der Waals surface area contributed by atoms with E-state index in [9.17, 15) is 0 Å². The molecular weight excluding hydrogens is 379 g/mol. The average Bonchev–Trinajstić information content (AvgIpc) is 3.13. The first-order chi connectivity index (χ1) is 13.2. The Balaban J connectivity index is 1.80. The van der Waals surface area contributed by atoms with E-state index in [1.54, 1.807) is 7.11 Å². The smallest absolute Gasteiger partial charge is 0.124 e. The maximum atomic E-state index is 6.49. The molecule has 0 N–H and O–H groups in total. The molecule has 0 amide bonds. The lowest BCUT2D eigenvalue weighted by molar-refractivity contribution is 0.405. The molecule has 0 fully saturated rings. The minimum atomic E-state index is -0.00766. The summed E-state index contributed by atoms with van der Waals surface area (Å²) in [6.07, 6.45) is 0.743. The molecule has 3 aromatic rings. The van der Waals surface area contributed by atoms with E-state index in [4.69, 9.17) is 33.0 Å². The molecule has 0 aliphatic carbocycles. The van der Waals surface area contributed by atoms with E-state index in [1.165, 1.54) is 0 Å². The first kappa shape index (κ1) is 17.9. The molecule has 4 rings (SSSR count). The van der Waals surface area contributed by atoms with Crippen molar-refractivity contribution >= 4 is 34.6 Å². The van der Waals surface area contributed by atoms with Crippen LogP contribution < -0.4 is 9.75 Å². The number of anilines is 1. The second-order valence-corrected chi connectivity index (χ2v) is 7.16. The van der Waals surface area contributed by atoms with Crippen molar-refractivity contribution in [3.05, 3.63) is 94.0 Å². The summed E-state index contributed by atoms with van der Waals surface area (Å²) >= 11 is 12.5. The number of para-hydroxylation sites is 2. The lowest BCUT2D eigenvalue weighted by Gasteiger charge is -2.26. The molecule has 1 heterocycles. The molecule has 27 heavy (non-hydrogen) atoms. The number of halogens is 2. The maximum absolute atomic E-state index is 6.49. The molecule has 1 atom stereocenters. The molecule has 0 bridgehead atoms. The molecule has 0 aromatic heterocycles. The predicted molar refractivity (Wildman–Crippen MR) is 112 cm³/mol. The van der Waals surface area contributed by atoms with Crippen LogP contribution in [-0.4, -0.2) is 12.8 Å². The zero-order valence-electron chi connectivity index (χ0n) is 14.8. The van der Waals surface area contributed by atoms with E-state index in [-0.39, 0.29) is 6.04 Å². The standard InChI is InChI=1S/C22H18Cl2N2O/c1-27-22-9-5-2-6-17(22)21-14-19(15-10-12-16(23)13-11-15)25-26(21)20-8-4-3-7-18(20)24/h2-13,21H,14H2,1H3/t21-/m0/s1. The maximum Gasteiger partial charge on any atom is 0.124 e. The van der Waals surface area contributed by atoms with Crippen molar-refractivity contribution in [1.82, 2.24) is 0 Å². The molecule has 3 aromatic carbocycles. The van der Waals surface area contributed by atoms with E-state index in [1.807, 2.05) is 71.7 Å². The Morgan fingerprint density at radius 1 is 0.926 bits per heavy atom. The van der Waals surface area contributed by atoms with Gasteiger partial charge in [-0.2, -0.15) is 5.10 Å². The van der Waals surface area contributed by atoms with Gasteiger partial charge in [-0.3, -0.25) is 5.01 Å². The van der Waals surface area contributed by atoms with Gasteiger partial charge >= 0.3 is 0 Å². The third kappa shape index (κ3) is 3.53. The Morgan fingerprint density at radius 2 is 1.63 bits per heavy atom. The third-order valence-electron chi connectivity index (χ3n) is 4.69. The highest BCUT2D eigenvalue weighted by molar-refractivity contribution is 6.33. The number of nitrogens with zero attached hydrogens (tertiary/aromatic N) is 2. The highest BCUT2D eigenvalue weighted by atomic mass is 35.5. The highest BCUT2D eigenvalue weighted by Crippen LogP contribution is 2.42. The Hall–Kier alpha value is -2.49. The van der Waals surface area contributed by atoms with Gasteiger partial charge in [0, 0.05) is 17.0 Å². The van der Waals surface area contributed by atoms with Gasteiger partial charge in [0.1, 0.15) is 5.75 Å². The van der Waals surface area contributed by atoms with Gasteiger partial charge in [0.15, 0.2) is 0 Å². The van der Waals surface area contributed by atoms with Gasteiger partial charge in [-0.05, 0) is 35.9 Å². The third-order valence-corrected chi connectivity index (χ3v) is 5.26. The molecule has 1 aliphatic heterocycles. The fourth-order valence-corrected chi connectivity index (χ4v) is 3.72. The quantitative estimate of drug-likeness (QED) is 0.512. The van der Waals surface area contributed by atoms with Crippen LogP contribution in [0.25, 0.3) is 0 Å². The Morgan fingerprint density at radius 3 is 2.37 bits per heavy atom. The van der Waals surface area contributed by atoms with Crippen LogP contribution >= 0.6 is 23.2 Å². The molecule has 3 nitrogen and oxygen atoms in total. The minimum absolute atomic E-state index is 0.00766. The largest absolute Gasteiger partial charge is 0.496 e. The van der Waals surface area contributed by atoms with Gasteiger partial charge < -0.3 is 4.74 Å². The molecule has 5 heteroatoms. The number of hydrogen-bond donors (Lipinski definition) is 0. The average molecular weight is 397 g/mol. The Bertz CT molecular complexity index is 986. The van der Waals surface area contributed by atoms with Crippen molar-refractivity contribution in [3.63, 3.8) is 0 Å². The topological polar surface area (TPSA) is 24.8 Å². The summed E-state index contributed by atoms with van der Waals surface area (Å²) in [5.74, 6) is 0.840. The zero-order valence-corrected chi connectivity index (χ0v) is 16.3. The summed E-state index contributed by atoms with van der Waals surface area (Å²) in [4.78, 5) is 0. The van der Waals surface area contributed by atoms with Crippen molar-refractivity contribution in [1.29, 1.82) is 0 Å². The van der Waals surface area contributed by atoms with Crippen LogP contribution in [0, 0.1) is 0 Å². The van der Waals surface area contributed by atoms with Gasteiger partial charge in [-0.25, -0.2) is 0 Å². The number of rotatable bonds is 4. The molecule has 136 valence electrons. The van der Waals surface area contributed by atoms with Crippen molar-refractivity contribution in [2.24, 2.45) is 5.10 Å². The van der Waals surface area contributed by atoms with E-state index < -0.39 is 0 Å². The lowest BCUT2D eigenvalue weighted by atomic mass is 9.97. The van der Waals surface area contributed by atoms with Gasteiger partial charge in [0.05, 0.1) is 29.6 Å². The van der Waals surface area contributed by atoms with Crippen LogP contribution in [0.4, 0.5) is 5.69 Å². The van der Waals surface area contributed by atoms with Gasteiger partial charge in [-0.1, -0.05) is 65.7 Å². The molecule has 0 saturated heterocycles. The number of hydrazone groups is 1. The second-order valence-electron chi connectivity index (χ2n) is 6.31. The van der Waals surface area contributed by atoms with Crippen LogP contribution in [0.1, 0.15) is 23.6 Å². The van der Waals surface area contributed by atoms with E-state index in [0.29, 0.717) is 10.0 Å². The molecule has 0 spiro atoms. The number of ether oxygens (including phenoxy) is 1. The lowest BCUT2D eigenvalue weighted by Crippen LogP contribution is -2.19. The van der Waals surface area contributed by atoms with E-state index in [2.05, 4.69) is 6.07 Å². The minimum Gasteiger partial charge on any atom is -0.496 e. The van der Waals surface area contributed by atoms with Crippen LogP contribution in [0.5, 0.6) is 5.75 Å². The number of methoxy groups -OCH3 is 1. The first-order valence-electron chi connectivity index (χ1n) is 8.67. The summed E-state index contributed by atoms with van der Waals surface area (Å²) in [6.45, 7) is 0. The molecule has 1 aliphatic rings. The predicted octanol–water partition coefficient (Wildman–Crippen LogP) is 6.36. The number of hydrogen-bond acceptors (Lipinski definition) is 3. The summed E-state index contributed by atoms with van der Waals surface area (Å²) < 4.78 is 5.60. The summed E-state index contributed by atoms with van der Waals surface area (Å²) in [5, 5.41) is 8.28. The van der Waals surface area contributed by atoms with Gasteiger partial charge in [0.25, 0.3) is 0 Å². The van der Waals surface area contributed by atoms with Crippen molar-refractivity contribution in [2.45, 2.75) is 12.5 Å². The van der Waals surface area contributed by atoms with Gasteiger partial charge in [0.2, 0.25) is 0 Å². The highest BCUT2D eigenvalue weighted by Gasteiger charge is 2.32. The summed E-state index contributed by atoms with van der Waals surface area (Å²) in [5.41, 5.74) is 3.99. The van der Waals surface area contributed by atoms with Crippen molar-refractivity contribution < 1.29 is 4.74 Å². The van der Waals surface area contributed by atoms with E-state index >= 15 is 0 Å². The summed E-state index contributed by atoms with van der Waals surface area (Å²) in [7, 11) is 1.69. The van der Waals surface area contributed by atoms with Crippen LogP contribution in [0.2, 0.25) is 10.0 Å². The van der Waals surface area contributed by atoms with Crippen LogP contribution in [0.15, 0.2) is 77.9 Å². The molecule has 0 unspecified atom stereocenters. The summed E-state index contributed by atoms with van der Waals surface area (Å²) in [6, 6.07) is 23.5. The molecule has 0 saturated carbocycles. The monoisotopic (exact) mass is 396 g/mol.